The van der Waals surface area contributed by atoms with Gasteiger partial charge in [-0.1, -0.05) is 12.1 Å². The molecule has 1 heterocycles. The van der Waals surface area contributed by atoms with E-state index in [0.717, 1.165) is 0 Å². The first-order chi connectivity index (χ1) is 7.56. The lowest BCUT2D eigenvalue weighted by Gasteiger charge is -2.14. The minimum atomic E-state index is -3.26. The van der Waals surface area contributed by atoms with Crippen molar-refractivity contribution < 1.29 is 13.2 Å². The van der Waals surface area contributed by atoms with Gasteiger partial charge >= 0.3 is 0 Å². The van der Waals surface area contributed by atoms with Gasteiger partial charge < -0.3 is 10.5 Å². The first-order valence-electron chi connectivity index (χ1n) is 5.21. The number of hydrogen-bond donors (Lipinski definition) is 1. The van der Waals surface area contributed by atoms with Gasteiger partial charge in [-0.25, -0.2) is 8.42 Å². The molecule has 1 aromatic carbocycles. The minimum absolute atomic E-state index is 0.147. The number of nitrogens with two attached hydrogens (primary N) is 1. The predicted octanol–water partition coefficient (Wildman–Crippen LogP) is 1.26. The highest BCUT2D eigenvalue weighted by Gasteiger charge is 2.29. The van der Waals surface area contributed by atoms with Crippen LogP contribution in [0.4, 0.5) is 0 Å². The second-order valence-electron chi connectivity index (χ2n) is 3.95. The molecule has 4 nitrogen and oxygen atoms in total. The van der Waals surface area contributed by atoms with Crippen LogP contribution in [0.5, 0.6) is 5.75 Å². The largest absolute Gasteiger partial charge is 0.495 e. The third-order valence-corrected chi connectivity index (χ3v) is 4.75. The Morgan fingerprint density at radius 3 is 2.88 bits per heavy atom. The van der Waals surface area contributed by atoms with Crippen LogP contribution in [0.1, 0.15) is 24.4 Å². The van der Waals surface area contributed by atoms with E-state index in [-0.39, 0.29) is 16.7 Å². The summed E-state index contributed by atoms with van der Waals surface area (Å²) >= 11 is 0. The zero-order valence-corrected chi connectivity index (χ0v) is 9.96. The lowest BCUT2D eigenvalue weighted by molar-refractivity contribution is 0.401. The summed E-state index contributed by atoms with van der Waals surface area (Å²) in [5.41, 5.74) is 6.65. The van der Waals surface area contributed by atoms with Gasteiger partial charge in [0.25, 0.3) is 0 Å². The van der Waals surface area contributed by atoms with E-state index in [2.05, 4.69) is 0 Å². The number of methoxy groups -OCH3 is 1. The molecule has 16 heavy (non-hydrogen) atoms. The van der Waals surface area contributed by atoms with Gasteiger partial charge in [-0.15, -0.1) is 0 Å². The van der Waals surface area contributed by atoms with Gasteiger partial charge in [0.05, 0.1) is 12.9 Å². The van der Waals surface area contributed by atoms with Gasteiger partial charge in [-0.3, -0.25) is 0 Å². The Hall–Kier alpha value is -1.07. The molecule has 0 bridgehead atoms. The van der Waals surface area contributed by atoms with Gasteiger partial charge in [-0.05, 0) is 24.5 Å². The van der Waals surface area contributed by atoms with E-state index in [1.54, 1.807) is 18.2 Å². The van der Waals surface area contributed by atoms with Gasteiger partial charge in [0.15, 0.2) is 9.84 Å². The fourth-order valence-corrected chi connectivity index (χ4v) is 3.86. The summed E-state index contributed by atoms with van der Waals surface area (Å²) in [4.78, 5) is 0.280. The molecule has 0 saturated heterocycles. The van der Waals surface area contributed by atoms with E-state index < -0.39 is 9.84 Å². The van der Waals surface area contributed by atoms with E-state index in [1.807, 2.05) is 0 Å². The Kier molecular flexibility index (Phi) is 2.90. The Bertz CT molecular complexity index is 496. The highest BCUT2D eigenvalue weighted by molar-refractivity contribution is 7.91. The van der Waals surface area contributed by atoms with Crippen LogP contribution >= 0.6 is 0 Å². The Labute approximate surface area is 95.3 Å². The average Bonchev–Trinajstić information content (AvgIpc) is 2.37. The lowest BCUT2D eigenvalue weighted by Crippen LogP contribution is -2.12. The quantitative estimate of drug-likeness (QED) is 0.803. The second-order valence-corrected chi connectivity index (χ2v) is 5.99. The van der Waals surface area contributed by atoms with Crippen molar-refractivity contribution in [1.29, 1.82) is 0 Å². The van der Waals surface area contributed by atoms with Gasteiger partial charge in [0.1, 0.15) is 10.6 Å². The molecule has 1 aromatic rings. The van der Waals surface area contributed by atoms with Gasteiger partial charge in [0, 0.05) is 6.04 Å². The van der Waals surface area contributed by atoms with Crippen LogP contribution in [0.2, 0.25) is 0 Å². The summed E-state index contributed by atoms with van der Waals surface area (Å²) in [6.07, 6.45) is 1.29. The number of ether oxygens (including phenoxy) is 1. The van der Waals surface area contributed by atoms with Crippen LogP contribution in [0.3, 0.4) is 0 Å². The van der Waals surface area contributed by atoms with Gasteiger partial charge in [0.2, 0.25) is 0 Å². The maximum atomic E-state index is 12.1. The zero-order chi connectivity index (χ0) is 11.8. The normalized spacial score (nSPS) is 23.2. The van der Waals surface area contributed by atoms with Crippen molar-refractivity contribution in [3.8, 4) is 5.75 Å². The maximum Gasteiger partial charge on any atom is 0.182 e. The van der Waals surface area contributed by atoms with Gasteiger partial charge in [-0.2, -0.15) is 0 Å². The SMILES string of the molecule is COc1cccc2c1S(=O)(=O)CCCC2N. The van der Waals surface area contributed by atoms with Crippen LogP contribution < -0.4 is 10.5 Å². The predicted molar refractivity (Wildman–Crippen MR) is 61.2 cm³/mol. The van der Waals surface area contributed by atoms with Crippen LogP contribution in [0.15, 0.2) is 23.1 Å². The molecular weight excluding hydrogens is 226 g/mol. The highest BCUT2D eigenvalue weighted by atomic mass is 32.2. The molecule has 2 rings (SSSR count). The summed E-state index contributed by atoms with van der Waals surface area (Å²) in [7, 11) is -1.79. The summed E-state index contributed by atoms with van der Waals surface area (Å²) in [5, 5.41) is 0. The fraction of sp³-hybridized carbons (Fsp3) is 0.455. The number of hydrogen-bond acceptors (Lipinski definition) is 4. The van der Waals surface area contributed by atoms with Crippen molar-refractivity contribution in [3.05, 3.63) is 23.8 Å². The molecule has 5 heteroatoms. The molecular formula is C11H15NO3S. The number of rotatable bonds is 1. The molecule has 0 fully saturated rings. The number of sulfone groups is 1. The van der Waals surface area contributed by atoms with Crippen molar-refractivity contribution in [3.63, 3.8) is 0 Å². The summed E-state index contributed by atoms with van der Waals surface area (Å²) < 4.78 is 29.3. The molecule has 2 N–H and O–H groups in total. The first-order valence-corrected chi connectivity index (χ1v) is 6.87. The standard InChI is InChI=1S/C11H15NO3S/c1-15-10-6-2-4-8-9(12)5-3-7-16(13,14)11(8)10/h2,4,6,9H,3,5,7,12H2,1H3. The molecule has 88 valence electrons. The Balaban J connectivity index is 2.73. The second kappa shape index (κ2) is 4.07. The van der Waals surface area contributed by atoms with E-state index in [0.29, 0.717) is 24.2 Å². The number of fused-ring (bicyclic) bond motifs is 1. The van der Waals surface area contributed by atoms with Crippen molar-refractivity contribution in [1.82, 2.24) is 0 Å². The molecule has 0 amide bonds. The summed E-state index contributed by atoms with van der Waals surface area (Å²) in [6.45, 7) is 0. The highest BCUT2D eigenvalue weighted by Crippen LogP contribution is 2.35. The average molecular weight is 241 g/mol. The molecule has 0 aromatic heterocycles. The van der Waals surface area contributed by atoms with E-state index in [4.69, 9.17) is 10.5 Å². The fourth-order valence-electron chi connectivity index (χ4n) is 2.07. The molecule has 1 aliphatic heterocycles. The molecule has 0 aliphatic carbocycles. The summed E-state index contributed by atoms with van der Waals surface area (Å²) in [6, 6.07) is 4.99. The lowest BCUT2D eigenvalue weighted by atomic mass is 10.0. The van der Waals surface area contributed by atoms with E-state index >= 15 is 0 Å². The molecule has 0 saturated carbocycles. The van der Waals surface area contributed by atoms with E-state index in [1.165, 1.54) is 7.11 Å². The van der Waals surface area contributed by atoms with Crippen LogP contribution in [-0.2, 0) is 9.84 Å². The Morgan fingerprint density at radius 2 is 2.19 bits per heavy atom. The van der Waals surface area contributed by atoms with Crippen molar-refractivity contribution >= 4 is 9.84 Å². The Morgan fingerprint density at radius 1 is 1.44 bits per heavy atom. The van der Waals surface area contributed by atoms with E-state index in [9.17, 15) is 8.42 Å². The topological polar surface area (TPSA) is 69.4 Å². The monoisotopic (exact) mass is 241 g/mol. The van der Waals surface area contributed by atoms with Crippen LogP contribution in [-0.4, -0.2) is 21.3 Å². The smallest absolute Gasteiger partial charge is 0.182 e. The summed E-state index contributed by atoms with van der Waals surface area (Å²) in [5.74, 6) is 0.545. The molecule has 1 atom stereocenters. The van der Waals surface area contributed by atoms with Crippen LogP contribution in [0.25, 0.3) is 0 Å². The van der Waals surface area contributed by atoms with Crippen molar-refractivity contribution in [2.75, 3.05) is 12.9 Å². The van der Waals surface area contributed by atoms with Crippen molar-refractivity contribution in [2.45, 2.75) is 23.8 Å². The third-order valence-electron chi connectivity index (χ3n) is 2.87. The number of benzene rings is 1. The maximum absolute atomic E-state index is 12.1. The first kappa shape index (κ1) is 11.4. The van der Waals surface area contributed by atoms with Crippen molar-refractivity contribution in [2.24, 2.45) is 5.73 Å². The third kappa shape index (κ3) is 1.81. The zero-order valence-electron chi connectivity index (χ0n) is 9.14. The molecule has 1 aliphatic rings. The molecule has 0 spiro atoms. The molecule has 0 radical (unpaired) electrons. The molecule has 1 unspecified atom stereocenters. The van der Waals surface area contributed by atoms with Crippen LogP contribution in [0, 0.1) is 0 Å². The minimum Gasteiger partial charge on any atom is -0.495 e.